The zero-order valence-electron chi connectivity index (χ0n) is 13.3. The van der Waals surface area contributed by atoms with Crippen molar-refractivity contribution in [3.8, 4) is 23.0 Å². The van der Waals surface area contributed by atoms with Crippen molar-refractivity contribution in [3.05, 3.63) is 59.5 Å². The summed E-state index contributed by atoms with van der Waals surface area (Å²) in [6.45, 7) is 3.51. The maximum Gasteiger partial charge on any atom is 0.247 e. The lowest BCUT2D eigenvalue weighted by Crippen LogP contribution is -2.12. The monoisotopic (exact) mass is 323 g/mol. The topological polar surface area (TPSA) is 69.4 Å². The van der Waals surface area contributed by atoms with E-state index in [1.165, 1.54) is 0 Å². The molecule has 0 atom stereocenters. The number of benzene rings is 2. The Morgan fingerprint density at radius 3 is 2.83 bits per heavy atom. The number of ether oxygens (including phenoxy) is 2. The average molecular weight is 323 g/mol. The van der Waals surface area contributed by atoms with Gasteiger partial charge in [-0.1, -0.05) is 23.8 Å². The largest absolute Gasteiger partial charge is 0.454 e. The molecule has 0 amide bonds. The lowest BCUT2D eigenvalue weighted by Gasteiger charge is -2.03. The Labute approximate surface area is 139 Å². The van der Waals surface area contributed by atoms with Crippen LogP contribution in [0.4, 0.5) is 0 Å². The summed E-state index contributed by atoms with van der Waals surface area (Å²) in [5, 5.41) is 11.5. The fourth-order valence-electron chi connectivity index (χ4n) is 2.58. The molecule has 0 aliphatic carbocycles. The van der Waals surface area contributed by atoms with Crippen LogP contribution in [0.3, 0.4) is 0 Å². The van der Waals surface area contributed by atoms with Gasteiger partial charge < -0.3 is 19.2 Å². The number of aryl methyl sites for hydroxylation is 1. The van der Waals surface area contributed by atoms with Crippen LogP contribution >= 0.6 is 0 Å². The number of hydrogen-bond acceptors (Lipinski definition) is 6. The quantitative estimate of drug-likeness (QED) is 0.778. The van der Waals surface area contributed by atoms with Crippen molar-refractivity contribution in [1.82, 2.24) is 15.5 Å². The molecule has 0 unspecified atom stereocenters. The molecule has 1 aliphatic rings. The van der Waals surface area contributed by atoms with Gasteiger partial charge in [-0.3, -0.25) is 0 Å². The molecule has 0 saturated heterocycles. The molecule has 0 bridgehead atoms. The number of nitrogens with zero attached hydrogens (tertiary/aromatic N) is 2. The highest BCUT2D eigenvalue weighted by molar-refractivity contribution is 5.53. The molecular formula is C18H17N3O3. The number of nitrogens with one attached hydrogen (secondary N) is 1. The highest BCUT2D eigenvalue weighted by Crippen LogP contribution is 2.32. The van der Waals surface area contributed by atoms with Crippen LogP contribution in [0.1, 0.15) is 17.0 Å². The summed E-state index contributed by atoms with van der Waals surface area (Å²) in [6.07, 6.45) is 0. The molecule has 2 aromatic carbocycles. The van der Waals surface area contributed by atoms with Crippen molar-refractivity contribution in [2.24, 2.45) is 0 Å². The summed E-state index contributed by atoms with van der Waals surface area (Å²) in [6, 6.07) is 13.9. The molecule has 0 fully saturated rings. The number of hydrogen-bond donors (Lipinski definition) is 1. The van der Waals surface area contributed by atoms with Crippen molar-refractivity contribution in [1.29, 1.82) is 0 Å². The first kappa shape index (κ1) is 14.7. The van der Waals surface area contributed by atoms with Gasteiger partial charge in [0.25, 0.3) is 0 Å². The smallest absolute Gasteiger partial charge is 0.247 e. The van der Waals surface area contributed by atoms with Gasteiger partial charge in [0.1, 0.15) is 0 Å². The van der Waals surface area contributed by atoms with Crippen LogP contribution in [0.2, 0.25) is 0 Å². The Morgan fingerprint density at radius 2 is 1.92 bits per heavy atom. The first-order chi connectivity index (χ1) is 11.8. The van der Waals surface area contributed by atoms with Gasteiger partial charge in [0, 0.05) is 12.1 Å². The molecule has 6 nitrogen and oxygen atoms in total. The van der Waals surface area contributed by atoms with Crippen molar-refractivity contribution in [2.45, 2.75) is 20.0 Å². The van der Waals surface area contributed by atoms with Crippen molar-refractivity contribution in [3.63, 3.8) is 0 Å². The summed E-state index contributed by atoms with van der Waals surface area (Å²) >= 11 is 0. The Bertz CT molecular complexity index is 860. The maximum atomic E-state index is 5.71. The van der Waals surface area contributed by atoms with Gasteiger partial charge in [-0.15, -0.1) is 10.2 Å². The van der Waals surface area contributed by atoms with Gasteiger partial charge in [-0.05, 0) is 36.8 Å². The van der Waals surface area contributed by atoms with Gasteiger partial charge >= 0.3 is 0 Å². The van der Waals surface area contributed by atoms with E-state index in [1.807, 2.05) is 49.4 Å². The van der Waals surface area contributed by atoms with Crippen molar-refractivity contribution >= 4 is 0 Å². The molecule has 2 heterocycles. The third-order valence-electron chi connectivity index (χ3n) is 3.77. The highest BCUT2D eigenvalue weighted by Gasteiger charge is 2.13. The van der Waals surface area contributed by atoms with E-state index in [0.29, 0.717) is 24.9 Å². The Balaban J connectivity index is 1.37. The number of aromatic nitrogens is 2. The first-order valence-corrected chi connectivity index (χ1v) is 7.76. The Hall–Kier alpha value is -2.86. The predicted molar refractivity (Wildman–Crippen MR) is 87.6 cm³/mol. The molecule has 0 saturated carbocycles. The SMILES string of the molecule is Cc1cccc(-c2nnc(CNCc3ccc4c(c3)OCO4)o2)c1. The minimum absolute atomic E-state index is 0.288. The summed E-state index contributed by atoms with van der Waals surface area (Å²) in [7, 11) is 0. The predicted octanol–water partition coefficient (Wildman–Crippen LogP) is 3.06. The second kappa shape index (κ2) is 6.33. The van der Waals surface area contributed by atoms with Crippen molar-refractivity contribution < 1.29 is 13.9 Å². The molecule has 24 heavy (non-hydrogen) atoms. The molecule has 1 aromatic heterocycles. The van der Waals surface area contributed by atoms with E-state index in [-0.39, 0.29) is 6.79 Å². The molecule has 122 valence electrons. The molecule has 3 aromatic rings. The standard InChI is InChI=1S/C18H17N3O3/c1-12-3-2-4-14(7-12)18-21-20-17(24-18)10-19-9-13-5-6-15-16(8-13)23-11-22-15/h2-8,19H,9-11H2,1H3. The minimum Gasteiger partial charge on any atom is -0.454 e. The second-order valence-electron chi connectivity index (χ2n) is 5.66. The van der Waals surface area contributed by atoms with E-state index in [1.54, 1.807) is 0 Å². The van der Waals surface area contributed by atoms with Crippen LogP contribution in [0, 0.1) is 6.92 Å². The van der Waals surface area contributed by atoms with Gasteiger partial charge in [0.15, 0.2) is 11.5 Å². The average Bonchev–Trinajstić information content (AvgIpc) is 3.23. The van der Waals surface area contributed by atoms with E-state index in [4.69, 9.17) is 13.9 Å². The van der Waals surface area contributed by atoms with Crippen molar-refractivity contribution in [2.75, 3.05) is 6.79 Å². The van der Waals surface area contributed by atoms with Crippen LogP contribution in [-0.4, -0.2) is 17.0 Å². The Kier molecular flexibility index (Phi) is 3.88. The third kappa shape index (κ3) is 3.09. The van der Waals surface area contributed by atoms with Gasteiger partial charge in [-0.25, -0.2) is 0 Å². The zero-order valence-corrected chi connectivity index (χ0v) is 13.3. The van der Waals surface area contributed by atoms with Gasteiger partial charge in [-0.2, -0.15) is 0 Å². The number of rotatable bonds is 5. The lowest BCUT2D eigenvalue weighted by atomic mass is 10.1. The van der Waals surface area contributed by atoms with Crippen LogP contribution in [-0.2, 0) is 13.1 Å². The van der Waals surface area contributed by atoms with Crippen LogP contribution in [0.25, 0.3) is 11.5 Å². The summed E-state index contributed by atoms with van der Waals surface area (Å²) < 4.78 is 16.4. The third-order valence-corrected chi connectivity index (χ3v) is 3.77. The van der Waals surface area contributed by atoms with Gasteiger partial charge in [0.2, 0.25) is 18.6 Å². The second-order valence-corrected chi connectivity index (χ2v) is 5.66. The molecule has 1 N–H and O–H groups in total. The fraction of sp³-hybridized carbons (Fsp3) is 0.222. The minimum atomic E-state index is 0.288. The lowest BCUT2D eigenvalue weighted by molar-refractivity contribution is 0.174. The maximum absolute atomic E-state index is 5.71. The van der Waals surface area contributed by atoms with Crippen LogP contribution in [0.15, 0.2) is 46.9 Å². The van der Waals surface area contributed by atoms with E-state index in [2.05, 4.69) is 15.5 Å². The fourth-order valence-corrected chi connectivity index (χ4v) is 2.58. The van der Waals surface area contributed by atoms with E-state index in [9.17, 15) is 0 Å². The summed E-state index contributed by atoms with van der Waals surface area (Å²) in [5.74, 6) is 2.68. The highest BCUT2D eigenvalue weighted by atomic mass is 16.7. The molecule has 1 aliphatic heterocycles. The first-order valence-electron chi connectivity index (χ1n) is 7.76. The Morgan fingerprint density at radius 1 is 1.00 bits per heavy atom. The molecular weight excluding hydrogens is 306 g/mol. The normalized spacial score (nSPS) is 12.5. The number of fused-ring (bicyclic) bond motifs is 1. The molecule has 0 radical (unpaired) electrons. The molecule has 4 rings (SSSR count). The molecule has 6 heteroatoms. The summed E-state index contributed by atoms with van der Waals surface area (Å²) in [5.41, 5.74) is 3.20. The zero-order chi connectivity index (χ0) is 16.4. The van der Waals surface area contributed by atoms with Crippen LogP contribution in [0.5, 0.6) is 11.5 Å². The van der Waals surface area contributed by atoms with E-state index >= 15 is 0 Å². The van der Waals surface area contributed by atoms with E-state index < -0.39 is 0 Å². The summed E-state index contributed by atoms with van der Waals surface area (Å²) in [4.78, 5) is 0. The van der Waals surface area contributed by atoms with E-state index in [0.717, 1.165) is 28.2 Å². The van der Waals surface area contributed by atoms with Crippen LogP contribution < -0.4 is 14.8 Å². The van der Waals surface area contributed by atoms with Gasteiger partial charge in [0.05, 0.1) is 6.54 Å². The molecule has 0 spiro atoms.